The highest BCUT2D eigenvalue weighted by atomic mass is 16.5. The molecule has 1 heterocycles. The molecule has 0 fully saturated rings. The Labute approximate surface area is 143 Å². The molecule has 25 heavy (non-hydrogen) atoms. The van der Waals surface area contributed by atoms with Crippen molar-refractivity contribution in [2.24, 2.45) is 0 Å². The predicted molar refractivity (Wildman–Crippen MR) is 90.7 cm³/mol. The monoisotopic (exact) mass is 334 g/mol. The van der Waals surface area contributed by atoms with E-state index in [0.29, 0.717) is 16.8 Å². The number of hydrogen-bond donors (Lipinski definition) is 1. The maximum atomic E-state index is 11.4. The van der Waals surface area contributed by atoms with Crippen LogP contribution in [0.3, 0.4) is 0 Å². The Balaban J connectivity index is 2.07. The van der Waals surface area contributed by atoms with Crippen molar-refractivity contribution in [2.75, 3.05) is 7.11 Å². The number of esters is 1. The van der Waals surface area contributed by atoms with Crippen molar-refractivity contribution in [3.8, 4) is 11.8 Å². The fourth-order valence-corrected chi connectivity index (χ4v) is 2.72. The van der Waals surface area contributed by atoms with Crippen LogP contribution in [0.15, 0.2) is 48.7 Å². The number of methoxy groups -OCH3 is 1. The summed E-state index contributed by atoms with van der Waals surface area (Å²) in [5, 5.41) is 19.3. The molecule has 0 saturated heterocycles. The van der Waals surface area contributed by atoms with Crippen LogP contribution >= 0.6 is 0 Å². The quantitative estimate of drug-likeness (QED) is 0.741. The van der Waals surface area contributed by atoms with E-state index < -0.39 is 5.97 Å². The lowest BCUT2D eigenvalue weighted by molar-refractivity contribution is -0.139. The number of benzene rings is 2. The normalized spacial score (nSPS) is 10.4. The van der Waals surface area contributed by atoms with Gasteiger partial charge in [0.05, 0.1) is 35.9 Å². The van der Waals surface area contributed by atoms with Gasteiger partial charge in [0.1, 0.15) is 6.07 Å². The first-order valence-electron chi connectivity index (χ1n) is 7.48. The van der Waals surface area contributed by atoms with Crippen LogP contribution in [-0.4, -0.2) is 28.7 Å². The maximum Gasteiger partial charge on any atom is 0.335 e. The molecule has 6 heteroatoms. The molecule has 0 aliphatic heterocycles. The van der Waals surface area contributed by atoms with Crippen LogP contribution in [0.4, 0.5) is 0 Å². The molecular weight excluding hydrogens is 320 g/mol. The predicted octanol–water partition coefficient (Wildman–Crippen LogP) is 2.92. The minimum absolute atomic E-state index is 0.0971. The molecule has 0 spiro atoms. The summed E-state index contributed by atoms with van der Waals surface area (Å²) in [6.45, 7) is 0. The number of carboxylic acid groups (broad SMARTS) is 1. The Kier molecular flexibility index (Phi) is 4.23. The van der Waals surface area contributed by atoms with Crippen LogP contribution in [0.1, 0.15) is 21.5 Å². The molecule has 0 unspecified atom stereocenters. The molecule has 6 nitrogen and oxygen atoms in total. The van der Waals surface area contributed by atoms with Gasteiger partial charge in [0, 0.05) is 11.6 Å². The summed E-state index contributed by atoms with van der Waals surface area (Å²) < 4.78 is 6.46. The highest BCUT2D eigenvalue weighted by molar-refractivity contribution is 5.94. The molecule has 0 atom stereocenters. The molecule has 0 saturated carbocycles. The standard InChI is InChI=1S/C19H14N2O4/c1-25-18(22)9-12-2-4-17(15(8-12)11-20)21-7-6-13-10-14(19(23)24)3-5-16(13)21/h2-8,10H,9H2,1H3,(H,23,24). The number of aromatic nitrogens is 1. The van der Waals surface area contributed by atoms with Crippen molar-refractivity contribution in [1.82, 2.24) is 4.57 Å². The number of carboxylic acids is 1. The lowest BCUT2D eigenvalue weighted by atomic mass is 10.1. The Bertz CT molecular complexity index is 1030. The van der Waals surface area contributed by atoms with E-state index in [1.165, 1.54) is 13.2 Å². The van der Waals surface area contributed by atoms with E-state index in [0.717, 1.165) is 10.9 Å². The summed E-state index contributed by atoms with van der Waals surface area (Å²) in [4.78, 5) is 22.5. The maximum absolute atomic E-state index is 11.4. The second-order valence-electron chi connectivity index (χ2n) is 5.48. The van der Waals surface area contributed by atoms with Crippen molar-refractivity contribution >= 4 is 22.8 Å². The first-order valence-corrected chi connectivity index (χ1v) is 7.48. The molecule has 0 aliphatic rings. The fourth-order valence-electron chi connectivity index (χ4n) is 2.72. The average molecular weight is 334 g/mol. The number of carbonyl (C=O) groups excluding carboxylic acids is 1. The molecule has 3 aromatic rings. The zero-order valence-electron chi connectivity index (χ0n) is 13.4. The van der Waals surface area contributed by atoms with Gasteiger partial charge in [-0.05, 0) is 42.0 Å². The van der Waals surface area contributed by atoms with Crippen molar-refractivity contribution in [3.63, 3.8) is 0 Å². The van der Waals surface area contributed by atoms with Crippen molar-refractivity contribution in [1.29, 1.82) is 5.26 Å². The minimum Gasteiger partial charge on any atom is -0.478 e. The summed E-state index contributed by atoms with van der Waals surface area (Å²) in [5.41, 5.74) is 2.77. The molecule has 1 aromatic heterocycles. The van der Waals surface area contributed by atoms with Gasteiger partial charge >= 0.3 is 11.9 Å². The van der Waals surface area contributed by atoms with Crippen LogP contribution in [0.25, 0.3) is 16.6 Å². The van der Waals surface area contributed by atoms with Crippen LogP contribution < -0.4 is 0 Å². The molecule has 0 amide bonds. The van der Waals surface area contributed by atoms with E-state index in [1.54, 1.807) is 42.6 Å². The average Bonchev–Trinajstić information content (AvgIpc) is 3.04. The third-order valence-corrected chi connectivity index (χ3v) is 3.95. The van der Waals surface area contributed by atoms with E-state index in [-0.39, 0.29) is 18.0 Å². The summed E-state index contributed by atoms with van der Waals surface area (Å²) in [6, 6.07) is 14.0. The molecule has 0 aliphatic carbocycles. The van der Waals surface area contributed by atoms with Crippen molar-refractivity contribution in [3.05, 3.63) is 65.4 Å². The van der Waals surface area contributed by atoms with E-state index in [2.05, 4.69) is 10.8 Å². The molecule has 0 bridgehead atoms. The second-order valence-corrected chi connectivity index (χ2v) is 5.48. The van der Waals surface area contributed by atoms with E-state index >= 15 is 0 Å². The van der Waals surface area contributed by atoms with Gasteiger partial charge in [-0.25, -0.2) is 4.79 Å². The van der Waals surface area contributed by atoms with Gasteiger partial charge < -0.3 is 14.4 Å². The van der Waals surface area contributed by atoms with Crippen LogP contribution in [0, 0.1) is 11.3 Å². The number of hydrogen-bond acceptors (Lipinski definition) is 4. The first-order chi connectivity index (χ1) is 12.0. The van der Waals surface area contributed by atoms with Gasteiger partial charge in [0.25, 0.3) is 0 Å². The lowest BCUT2D eigenvalue weighted by Gasteiger charge is -2.10. The number of carbonyl (C=O) groups is 2. The summed E-state index contributed by atoms with van der Waals surface area (Å²) in [6.07, 6.45) is 1.88. The second kappa shape index (κ2) is 6.49. The van der Waals surface area contributed by atoms with Gasteiger partial charge in [-0.1, -0.05) is 6.07 Å². The van der Waals surface area contributed by atoms with Crippen molar-refractivity contribution < 1.29 is 19.4 Å². The number of nitriles is 1. The zero-order chi connectivity index (χ0) is 18.0. The largest absolute Gasteiger partial charge is 0.478 e. The van der Waals surface area contributed by atoms with Crippen LogP contribution in [0.5, 0.6) is 0 Å². The summed E-state index contributed by atoms with van der Waals surface area (Å²) in [7, 11) is 1.32. The van der Waals surface area contributed by atoms with Crippen LogP contribution in [-0.2, 0) is 16.0 Å². The third-order valence-electron chi connectivity index (χ3n) is 3.95. The number of rotatable bonds is 4. The Morgan fingerprint density at radius 2 is 2.00 bits per heavy atom. The number of fused-ring (bicyclic) bond motifs is 1. The minimum atomic E-state index is -0.987. The first kappa shape index (κ1) is 16.3. The SMILES string of the molecule is COC(=O)Cc1ccc(-n2ccc3cc(C(=O)O)ccc32)c(C#N)c1. The van der Waals surface area contributed by atoms with E-state index in [9.17, 15) is 14.9 Å². The van der Waals surface area contributed by atoms with Gasteiger partial charge in [0.2, 0.25) is 0 Å². The molecule has 124 valence electrons. The van der Waals surface area contributed by atoms with Crippen LogP contribution in [0.2, 0.25) is 0 Å². The third kappa shape index (κ3) is 3.08. The Morgan fingerprint density at radius 1 is 1.20 bits per heavy atom. The fraction of sp³-hybridized carbons (Fsp3) is 0.105. The summed E-state index contributed by atoms with van der Waals surface area (Å²) >= 11 is 0. The topological polar surface area (TPSA) is 92.3 Å². The highest BCUT2D eigenvalue weighted by Gasteiger charge is 2.12. The van der Waals surface area contributed by atoms with Gasteiger partial charge in [-0.15, -0.1) is 0 Å². The molecule has 2 aromatic carbocycles. The molecule has 1 N–H and O–H groups in total. The highest BCUT2D eigenvalue weighted by Crippen LogP contribution is 2.25. The summed E-state index contributed by atoms with van der Waals surface area (Å²) in [5.74, 6) is -1.36. The molecule has 0 radical (unpaired) electrons. The lowest BCUT2D eigenvalue weighted by Crippen LogP contribution is -2.05. The van der Waals surface area contributed by atoms with Gasteiger partial charge in [0.15, 0.2) is 0 Å². The number of aromatic carboxylic acids is 1. The smallest absolute Gasteiger partial charge is 0.335 e. The van der Waals surface area contributed by atoms with Gasteiger partial charge in [-0.2, -0.15) is 5.26 Å². The number of ether oxygens (including phenoxy) is 1. The van der Waals surface area contributed by atoms with E-state index in [1.807, 2.05) is 4.57 Å². The Hall–Kier alpha value is -3.59. The Morgan fingerprint density at radius 3 is 2.68 bits per heavy atom. The van der Waals surface area contributed by atoms with Gasteiger partial charge in [-0.3, -0.25) is 4.79 Å². The van der Waals surface area contributed by atoms with Crippen molar-refractivity contribution in [2.45, 2.75) is 6.42 Å². The zero-order valence-corrected chi connectivity index (χ0v) is 13.4. The number of nitrogens with zero attached hydrogens (tertiary/aromatic N) is 2. The molecule has 3 rings (SSSR count). The van der Waals surface area contributed by atoms with E-state index in [4.69, 9.17) is 5.11 Å². The molecular formula is C19H14N2O4.